The van der Waals surface area contributed by atoms with Crippen LogP contribution in [-0.2, 0) is 24.9 Å². The van der Waals surface area contributed by atoms with Crippen LogP contribution in [0, 0.1) is 17.7 Å². The first-order valence-corrected chi connectivity index (χ1v) is 13.9. The van der Waals surface area contributed by atoms with E-state index in [0.29, 0.717) is 37.0 Å². The molecule has 1 aromatic heterocycles. The van der Waals surface area contributed by atoms with E-state index < -0.39 is 34.0 Å². The normalized spacial score (nSPS) is 33.5. The van der Waals surface area contributed by atoms with E-state index in [0.717, 1.165) is 25.5 Å². The van der Waals surface area contributed by atoms with Crippen LogP contribution in [-0.4, -0.2) is 73.1 Å². The number of rotatable bonds is 7. The van der Waals surface area contributed by atoms with Crippen LogP contribution in [0.3, 0.4) is 0 Å². The second kappa shape index (κ2) is 9.66. The molecule has 34 heavy (non-hydrogen) atoms. The molecule has 1 aliphatic heterocycles. The number of nitrogens with zero attached hydrogens (tertiary/aromatic N) is 3. The zero-order chi connectivity index (χ0) is 24.7. The van der Waals surface area contributed by atoms with Crippen molar-refractivity contribution < 1.29 is 27.1 Å². The van der Waals surface area contributed by atoms with Gasteiger partial charge in [0.25, 0.3) is 0 Å². The van der Waals surface area contributed by atoms with E-state index in [4.69, 9.17) is 9.47 Å². The molecule has 2 unspecified atom stereocenters. The largest absolute Gasteiger partial charge is 0.447 e. The first-order valence-electron chi connectivity index (χ1n) is 12.1. The third-order valence-corrected chi connectivity index (χ3v) is 8.35. The van der Waals surface area contributed by atoms with Crippen molar-refractivity contribution in [3.8, 4) is 0 Å². The summed E-state index contributed by atoms with van der Waals surface area (Å²) < 4.78 is 51.6. The van der Waals surface area contributed by atoms with Crippen molar-refractivity contribution in [2.24, 2.45) is 11.8 Å². The number of amides is 1. The molecule has 2 heterocycles. The van der Waals surface area contributed by atoms with Crippen LogP contribution in [0.5, 0.6) is 0 Å². The monoisotopic (exact) mass is 498 g/mol. The van der Waals surface area contributed by atoms with Crippen molar-refractivity contribution in [1.29, 1.82) is 0 Å². The molecule has 1 N–H and O–H groups in total. The Bertz CT molecular complexity index is 992. The number of likely N-dealkylation sites (tertiary alicyclic amines) is 1. The molecule has 1 aromatic rings. The van der Waals surface area contributed by atoms with Crippen molar-refractivity contribution in [3.63, 3.8) is 0 Å². The number of piperidine rings is 1. The predicted molar refractivity (Wildman–Crippen MR) is 123 cm³/mol. The Morgan fingerprint density at radius 2 is 2.03 bits per heavy atom. The van der Waals surface area contributed by atoms with Crippen molar-refractivity contribution in [1.82, 2.24) is 19.6 Å². The summed E-state index contributed by atoms with van der Waals surface area (Å²) in [6, 6.07) is -0.878. The van der Waals surface area contributed by atoms with Gasteiger partial charge in [0.1, 0.15) is 5.82 Å². The number of halogens is 1. The van der Waals surface area contributed by atoms with Crippen molar-refractivity contribution in [2.45, 2.75) is 82.6 Å². The molecular weight excluding hydrogens is 463 g/mol. The number of carbonyl (C=O) groups excluding carboxylic acids is 1. The highest BCUT2D eigenvalue weighted by Crippen LogP contribution is 2.66. The Hall–Kier alpha value is -1.85. The molecule has 9 nitrogen and oxygen atoms in total. The van der Waals surface area contributed by atoms with Gasteiger partial charge in [0.15, 0.2) is 5.82 Å². The first kappa shape index (κ1) is 25.2. The number of carbonyl (C=O) groups is 1. The highest BCUT2D eigenvalue weighted by Gasteiger charge is 2.66. The van der Waals surface area contributed by atoms with Crippen molar-refractivity contribution in [3.05, 3.63) is 24.0 Å². The Morgan fingerprint density at radius 3 is 2.65 bits per heavy atom. The molecule has 0 bridgehead atoms. The second-order valence-corrected chi connectivity index (χ2v) is 12.0. The Balaban J connectivity index is 1.42. The third-order valence-electron chi connectivity index (χ3n) is 7.62. The number of fused-ring (bicyclic) bond motifs is 1. The summed E-state index contributed by atoms with van der Waals surface area (Å²) >= 11 is 0. The van der Waals surface area contributed by atoms with E-state index in [1.807, 2.05) is 0 Å². The highest BCUT2D eigenvalue weighted by molar-refractivity contribution is 7.88. The SMILES string of the molecule is CC(C)OC(=O)N1CCCC(NS(C)(=O)=O)C1CO[C@H]1CC[C@]2(c3ncc(F)cn3)[C@H](C1)[C@@H]2C. The topological polar surface area (TPSA) is 111 Å². The molecule has 11 heteroatoms. The number of aromatic nitrogens is 2. The quantitative estimate of drug-likeness (QED) is 0.615. The fraction of sp³-hybridized carbons (Fsp3) is 0.783. The molecule has 0 radical (unpaired) electrons. The smallest absolute Gasteiger partial charge is 0.410 e. The van der Waals surface area contributed by atoms with Crippen LogP contribution in [0.25, 0.3) is 0 Å². The lowest BCUT2D eigenvalue weighted by Gasteiger charge is -2.41. The van der Waals surface area contributed by atoms with Crippen LogP contribution >= 0.6 is 0 Å². The maximum Gasteiger partial charge on any atom is 0.410 e. The van der Waals surface area contributed by atoms with Gasteiger partial charge in [0.05, 0.1) is 43.5 Å². The molecule has 0 spiro atoms. The number of ether oxygens (including phenoxy) is 2. The molecule has 2 saturated carbocycles. The molecule has 1 saturated heterocycles. The minimum absolute atomic E-state index is 0.00713. The van der Waals surface area contributed by atoms with Crippen molar-refractivity contribution in [2.75, 3.05) is 19.4 Å². The average Bonchev–Trinajstić information content (AvgIpc) is 3.36. The van der Waals surface area contributed by atoms with Gasteiger partial charge in [-0.2, -0.15) is 0 Å². The van der Waals surface area contributed by atoms with Crippen molar-refractivity contribution >= 4 is 16.1 Å². The van der Waals surface area contributed by atoms with E-state index in [-0.39, 0.29) is 24.2 Å². The molecular formula is C23H35FN4O5S. The maximum atomic E-state index is 13.3. The van der Waals surface area contributed by atoms with E-state index in [1.54, 1.807) is 18.7 Å². The fourth-order valence-electron chi connectivity index (χ4n) is 5.95. The van der Waals surface area contributed by atoms with Crippen LogP contribution < -0.4 is 4.72 Å². The van der Waals surface area contributed by atoms with Gasteiger partial charge in [-0.05, 0) is 57.8 Å². The minimum atomic E-state index is -3.45. The van der Waals surface area contributed by atoms with E-state index in [9.17, 15) is 17.6 Å². The summed E-state index contributed by atoms with van der Waals surface area (Å²) in [6.07, 6.45) is 6.64. The maximum absolute atomic E-state index is 13.3. The molecule has 4 rings (SSSR count). The fourth-order valence-corrected chi connectivity index (χ4v) is 6.77. The summed E-state index contributed by atoms with van der Waals surface area (Å²) in [7, 11) is -3.45. The van der Waals surface area contributed by atoms with E-state index in [1.165, 1.54) is 12.4 Å². The minimum Gasteiger partial charge on any atom is -0.447 e. The van der Waals surface area contributed by atoms with Gasteiger partial charge in [-0.3, -0.25) is 0 Å². The zero-order valence-corrected chi connectivity index (χ0v) is 21.1. The Labute approximate surface area is 200 Å². The first-order chi connectivity index (χ1) is 16.0. The standard InChI is InChI=1S/C23H35FN4O5S/c1-14(2)33-22(29)28-9-5-6-19(27-34(4,30)31)20(28)13-32-17-7-8-23(15(3)18(23)10-17)21-25-11-16(24)12-26-21/h11-12,14-15,17-20,27H,5-10,13H2,1-4H3/t15-,17-,18+,19?,20?,23+/m0/s1. The van der Waals surface area contributed by atoms with Gasteiger partial charge in [-0.15, -0.1) is 0 Å². The van der Waals surface area contributed by atoms with E-state index >= 15 is 0 Å². The van der Waals surface area contributed by atoms with Gasteiger partial charge < -0.3 is 14.4 Å². The van der Waals surface area contributed by atoms with Crippen LogP contribution in [0.15, 0.2) is 12.4 Å². The van der Waals surface area contributed by atoms with Gasteiger partial charge >= 0.3 is 6.09 Å². The van der Waals surface area contributed by atoms with E-state index in [2.05, 4.69) is 21.6 Å². The summed E-state index contributed by atoms with van der Waals surface area (Å²) in [4.78, 5) is 22.9. The van der Waals surface area contributed by atoms with Gasteiger partial charge in [-0.25, -0.2) is 32.3 Å². The van der Waals surface area contributed by atoms with Gasteiger partial charge in [0.2, 0.25) is 10.0 Å². The van der Waals surface area contributed by atoms with Crippen LogP contribution in [0.4, 0.5) is 9.18 Å². The molecule has 190 valence electrons. The Kier molecular flexibility index (Phi) is 7.17. The number of nitrogens with one attached hydrogen (secondary N) is 1. The third kappa shape index (κ3) is 5.21. The molecule has 6 atom stereocenters. The highest BCUT2D eigenvalue weighted by atomic mass is 32.2. The number of sulfonamides is 1. The van der Waals surface area contributed by atoms with Gasteiger partial charge in [-0.1, -0.05) is 6.92 Å². The Morgan fingerprint density at radius 1 is 1.32 bits per heavy atom. The molecule has 3 aliphatic rings. The lowest BCUT2D eigenvalue weighted by atomic mass is 9.85. The molecule has 0 aromatic carbocycles. The lowest BCUT2D eigenvalue weighted by Crippen LogP contribution is -2.59. The lowest BCUT2D eigenvalue weighted by molar-refractivity contribution is -0.0308. The summed E-state index contributed by atoms with van der Waals surface area (Å²) in [5, 5.41) is 0. The number of hydrogen-bond donors (Lipinski definition) is 1. The summed E-state index contributed by atoms with van der Waals surface area (Å²) in [6.45, 7) is 6.48. The van der Waals surface area contributed by atoms with Crippen LogP contribution in [0.2, 0.25) is 0 Å². The second-order valence-electron chi connectivity index (χ2n) is 10.2. The van der Waals surface area contributed by atoms with Gasteiger partial charge in [0, 0.05) is 18.0 Å². The zero-order valence-electron chi connectivity index (χ0n) is 20.2. The summed E-state index contributed by atoms with van der Waals surface area (Å²) in [5.74, 6) is 1.01. The number of hydrogen-bond acceptors (Lipinski definition) is 7. The summed E-state index contributed by atoms with van der Waals surface area (Å²) in [5.41, 5.74) is -0.119. The molecule has 2 aliphatic carbocycles. The predicted octanol–water partition coefficient (Wildman–Crippen LogP) is 2.62. The molecule has 3 fully saturated rings. The average molecular weight is 499 g/mol. The van der Waals surface area contributed by atoms with Crippen LogP contribution in [0.1, 0.15) is 58.7 Å². The molecule has 1 amide bonds.